The standard InChI is InChI=1S/C13H20ClNO3.Na/c1-8(2)13(11(17)18)7-9(13)10(16)15-12(3,4)5-6-14;/h5-6,8-9H,7H2,1-4H3,(H,15,16)(H,17,18);/q;+1/p-1/b6-5+;. The molecule has 1 rings (SSSR count). The molecule has 0 aliphatic heterocycles. The molecular weight excluding hydrogens is 277 g/mol. The molecule has 0 aromatic rings. The molecule has 1 saturated carbocycles. The van der Waals surface area contributed by atoms with Crippen LogP contribution in [0.2, 0.25) is 0 Å². The first-order valence-electron chi connectivity index (χ1n) is 5.99. The van der Waals surface area contributed by atoms with Gasteiger partial charge in [0.1, 0.15) is 0 Å². The van der Waals surface area contributed by atoms with E-state index in [1.165, 1.54) is 5.54 Å². The van der Waals surface area contributed by atoms with Crippen LogP contribution in [0.3, 0.4) is 0 Å². The Morgan fingerprint density at radius 2 is 2.00 bits per heavy atom. The molecule has 1 aliphatic rings. The summed E-state index contributed by atoms with van der Waals surface area (Å²) in [5, 5.41) is 14.0. The fraction of sp³-hybridized carbons (Fsp3) is 0.692. The number of nitrogens with one attached hydrogen (secondary N) is 1. The normalized spacial score (nSPS) is 26.1. The molecule has 0 saturated heterocycles. The minimum atomic E-state index is -1.14. The number of amides is 1. The first-order chi connectivity index (χ1) is 8.17. The summed E-state index contributed by atoms with van der Waals surface area (Å²) in [5.74, 6) is -2.02. The van der Waals surface area contributed by atoms with Crippen LogP contribution in [-0.4, -0.2) is 17.4 Å². The first-order valence-corrected chi connectivity index (χ1v) is 6.42. The van der Waals surface area contributed by atoms with Crippen LogP contribution in [0.4, 0.5) is 0 Å². The topological polar surface area (TPSA) is 69.2 Å². The number of halogens is 1. The zero-order chi connectivity index (χ0) is 14.1. The summed E-state index contributed by atoms with van der Waals surface area (Å²) in [6.07, 6.45) is 1.99. The van der Waals surface area contributed by atoms with Gasteiger partial charge in [-0.05, 0) is 32.3 Å². The third-order valence-corrected chi connectivity index (χ3v) is 3.78. The number of carbonyl (C=O) groups is 2. The monoisotopic (exact) mass is 295 g/mol. The van der Waals surface area contributed by atoms with Crippen LogP contribution < -0.4 is 40.0 Å². The number of aliphatic carboxylic acids is 1. The smallest absolute Gasteiger partial charge is 0.550 e. The molecule has 1 amide bonds. The summed E-state index contributed by atoms with van der Waals surface area (Å²) in [5.41, 5.74) is -0.261. The van der Waals surface area contributed by atoms with E-state index in [-0.39, 0.29) is 41.4 Å². The van der Waals surface area contributed by atoms with Gasteiger partial charge in [-0.15, -0.1) is 0 Å². The van der Waals surface area contributed by atoms with Crippen molar-refractivity contribution in [2.75, 3.05) is 0 Å². The SMILES string of the molecule is CC(C)C1(C(=O)[O-])CC1C(=O)NC(C)(C)/C=C/Cl.[Na+]. The van der Waals surface area contributed by atoms with Gasteiger partial charge in [0.15, 0.2) is 0 Å². The second-order valence-electron chi connectivity index (χ2n) is 5.74. The van der Waals surface area contributed by atoms with Crippen LogP contribution in [0.1, 0.15) is 34.1 Å². The number of carboxylic acids is 1. The van der Waals surface area contributed by atoms with Gasteiger partial charge in [0.25, 0.3) is 0 Å². The molecule has 0 aromatic heterocycles. The Labute approximate surface area is 141 Å². The molecule has 19 heavy (non-hydrogen) atoms. The van der Waals surface area contributed by atoms with Crippen molar-refractivity contribution < 1.29 is 44.3 Å². The van der Waals surface area contributed by atoms with Gasteiger partial charge in [0.05, 0.1) is 5.54 Å². The van der Waals surface area contributed by atoms with Gasteiger partial charge in [-0.25, -0.2) is 0 Å². The van der Waals surface area contributed by atoms with Crippen LogP contribution >= 0.6 is 11.6 Å². The Kier molecular flexibility index (Phi) is 6.60. The summed E-state index contributed by atoms with van der Waals surface area (Å²) in [4.78, 5) is 23.2. The van der Waals surface area contributed by atoms with Crippen LogP contribution in [-0.2, 0) is 9.59 Å². The number of rotatable bonds is 5. The molecule has 2 unspecified atom stereocenters. The fourth-order valence-corrected chi connectivity index (χ4v) is 2.62. The van der Waals surface area contributed by atoms with Crippen molar-refractivity contribution in [3.05, 3.63) is 11.6 Å². The fourth-order valence-electron chi connectivity index (χ4n) is 2.31. The summed E-state index contributed by atoms with van der Waals surface area (Å²) >= 11 is 5.49. The molecule has 1 aliphatic carbocycles. The minimum absolute atomic E-state index is 0. The Hall–Kier alpha value is -0.0300. The summed E-state index contributed by atoms with van der Waals surface area (Å²) in [6, 6.07) is 0. The Balaban J connectivity index is 0.00000324. The molecule has 1 N–H and O–H groups in total. The van der Waals surface area contributed by atoms with Gasteiger partial charge >= 0.3 is 29.6 Å². The molecule has 0 heterocycles. The average Bonchev–Trinajstić information content (AvgIpc) is 2.91. The van der Waals surface area contributed by atoms with E-state index in [4.69, 9.17) is 11.6 Å². The van der Waals surface area contributed by atoms with Crippen molar-refractivity contribution in [3.8, 4) is 0 Å². The van der Waals surface area contributed by atoms with Crippen molar-refractivity contribution in [2.45, 2.75) is 39.7 Å². The summed E-state index contributed by atoms with van der Waals surface area (Å²) < 4.78 is 0. The Bertz CT molecular complexity index is 395. The van der Waals surface area contributed by atoms with Crippen LogP contribution in [0, 0.1) is 17.3 Å². The van der Waals surface area contributed by atoms with Gasteiger partial charge in [-0.1, -0.05) is 25.4 Å². The maximum Gasteiger partial charge on any atom is 1.00 e. The van der Waals surface area contributed by atoms with Crippen LogP contribution in [0.25, 0.3) is 0 Å². The third-order valence-electron chi connectivity index (χ3n) is 3.66. The predicted molar refractivity (Wildman–Crippen MR) is 67.6 cm³/mol. The quantitative estimate of drug-likeness (QED) is 0.600. The van der Waals surface area contributed by atoms with Crippen molar-refractivity contribution >= 4 is 23.5 Å². The molecule has 102 valence electrons. The zero-order valence-corrected chi connectivity index (χ0v) is 14.9. The van der Waals surface area contributed by atoms with Gasteiger partial charge in [0, 0.05) is 22.8 Å². The van der Waals surface area contributed by atoms with Crippen LogP contribution in [0.5, 0.6) is 0 Å². The zero-order valence-electron chi connectivity index (χ0n) is 12.1. The molecule has 0 radical (unpaired) electrons. The summed E-state index contributed by atoms with van der Waals surface area (Å²) in [7, 11) is 0. The molecular formula is C13H19ClNNaO3. The largest absolute Gasteiger partial charge is 1.00 e. The van der Waals surface area contributed by atoms with Crippen LogP contribution in [0.15, 0.2) is 11.6 Å². The second-order valence-corrected chi connectivity index (χ2v) is 5.99. The molecule has 0 spiro atoms. The molecule has 6 heteroatoms. The van der Waals surface area contributed by atoms with Gasteiger partial charge in [0.2, 0.25) is 5.91 Å². The maximum atomic E-state index is 12.0. The number of hydrogen-bond acceptors (Lipinski definition) is 3. The minimum Gasteiger partial charge on any atom is -0.550 e. The number of carboxylic acid groups (broad SMARTS) is 1. The van der Waals surface area contributed by atoms with Gasteiger partial charge in [-0.2, -0.15) is 0 Å². The molecule has 1 fully saturated rings. The van der Waals surface area contributed by atoms with E-state index in [0.717, 1.165) is 0 Å². The molecule has 4 nitrogen and oxygen atoms in total. The van der Waals surface area contributed by atoms with Crippen molar-refractivity contribution in [3.63, 3.8) is 0 Å². The Morgan fingerprint density at radius 1 is 1.47 bits per heavy atom. The third kappa shape index (κ3) is 3.97. The number of hydrogen-bond donors (Lipinski definition) is 1. The molecule has 2 atom stereocenters. The summed E-state index contributed by atoms with van der Waals surface area (Å²) in [6.45, 7) is 7.18. The second kappa shape index (κ2) is 6.61. The van der Waals surface area contributed by atoms with E-state index in [0.29, 0.717) is 6.42 Å². The molecule has 0 bridgehead atoms. The average molecular weight is 296 g/mol. The Morgan fingerprint density at radius 3 is 2.32 bits per heavy atom. The van der Waals surface area contributed by atoms with Crippen molar-refractivity contribution in [1.29, 1.82) is 0 Å². The molecule has 0 aromatic carbocycles. The number of carbonyl (C=O) groups excluding carboxylic acids is 2. The van der Waals surface area contributed by atoms with E-state index in [2.05, 4.69) is 5.32 Å². The van der Waals surface area contributed by atoms with E-state index < -0.39 is 22.8 Å². The van der Waals surface area contributed by atoms with E-state index >= 15 is 0 Å². The first kappa shape index (κ1) is 19.0. The van der Waals surface area contributed by atoms with E-state index in [9.17, 15) is 14.7 Å². The van der Waals surface area contributed by atoms with Crippen molar-refractivity contribution in [1.82, 2.24) is 5.32 Å². The van der Waals surface area contributed by atoms with Gasteiger partial charge in [-0.3, -0.25) is 4.79 Å². The van der Waals surface area contributed by atoms with Crippen molar-refractivity contribution in [2.24, 2.45) is 17.3 Å². The van der Waals surface area contributed by atoms with E-state index in [1.54, 1.807) is 33.8 Å². The maximum absolute atomic E-state index is 12.0. The predicted octanol–water partition coefficient (Wildman–Crippen LogP) is -1.95. The van der Waals surface area contributed by atoms with E-state index in [1.807, 2.05) is 0 Å². The van der Waals surface area contributed by atoms with Gasteiger partial charge < -0.3 is 15.2 Å².